The quantitative estimate of drug-likeness (QED) is 0.744. The predicted molar refractivity (Wildman–Crippen MR) is 91.9 cm³/mol. The van der Waals surface area contributed by atoms with Gasteiger partial charge in [0.2, 0.25) is 0 Å². The Morgan fingerprint density at radius 3 is 2.00 bits per heavy atom. The summed E-state index contributed by atoms with van der Waals surface area (Å²) in [5.41, 5.74) is 5.54. The van der Waals surface area contributed by atoms with E-state index in [9.17, 15) is 14.4 Å². The van der Waals surface area contributed by atoms with Gasteiger partial charge in [0, 0.05) is 18.8 Å². The molecule has 1 heterocycles. The molecule has 0 saturated carbocycles. The van der Waals surface area contributed by atoms with Crippen molar-refractivity contribution in [1.82, 2.24) is 5.06 Å². The Bertz CT molecular complexity index is 995. The smallest absolute Gasteiger partial charge is 0.330 e. The number of amides is 2. The maximum Gasteiger partial charge on any atom is 0.330 e. The van der Waals surface area contributed by atoms with Crippen LogP contribution in [0.25, 0.3) is 0 Å². The number of carbonyl (C=O) groups excluding carboxylic acids is 3. The fraction of sp³-hybridized carbons (Fsp3) is 0.286. The monoisotopic (exact) mass is 347 g/mol. The standard InChI is InChI=1S/C21H17NO4/c1-10-7-8-14-15(9-10)17-13-6-4-3-5-12(13)16(14)18-19(17)21(25)22(20(18)24)26-11(2)23/h3-9,16-19H,1-2H3/t16-,17-,18-,19+/m0/s1. The van der Waals surface area contributed by atoms with Crippen LogP contribution in [-0.4, -0.2) is 22.8 Å². The SMILES string of the molecule is CC(=O)ON1C(=O)[C@@H]2[C@H]3c4ccccc4[C@@H](c4ccc(C)cc43)[C@@H]2C1=O. The molecule has 5 heteroatoms. The van der Waals surface area contributed by atoms with Crippen LogP contribution in [0.2, 0.25) is 0 Å². The average Bonchev–Trinajstić information content (AvgIpc) is 2.86. The van der Waals surface area contributed by atoms with Crippen LogP contribution < -0.4 is 0 Å². The van der Waals surface area contributed by atoms with Crippen LogP contribution in [0.15, 0.2) is 42.5 Å². The second kappa shape index (κ2) is 5.04. The lowest BCUT2D eigenvalue weighted by Gasteiger charge is -2.45. The average molecular weight is 347 g/mol. The zero-order valence-electron chi connectivity index (χ0n) is 14.4. The van der Waals surface area contributed by atoms with Gasteiger partial charge in [-0.25, -0.2) is 4.79 Å². The van der Waals surface area contributed by atoms with Gasteiger partial charge >= 0.3 is 5.97 Å². The largest absolute Gasteiger partial charge is 0.331 e. The highest BCUT2D eigenvalue weighted by Gasteiger charge is 2.62. The molecule has 2 bridgehead atoms. The van der Waals surface area contributed by atoms with Gasteiger partial charge < -0.3 is 4.84 Å². The summed E-state index contributed by atoms with van der Waals surface area (Å²) in [6.07, 6.45) is 0. The van der Waals surface area contributed by atoms with Crippen molar-refractivity contribution in [3.8, 4) is 0 Å². The van der Waals surface area contributed by atoms with Crippen molar-refractivity contribution in [3.05, 3.63) is 70.3 Å². The molecule has 130 valence electrons. The first-order valence-corrected chi connectivity index (χ1v) is 8.74. The minimum atomic E-state index is -0.663. The van der Waals surface area contributed by atoms with Gasteiger partial charge in [0.05, 0.1) is 11.8 Å². The Morgan fingerprint density at radius 1 is 0.885 bits per heavy atom. The zero-order chi connectivity index (χ0) is 18.2. The molecule has 5 nitrogen and oxygen atoms in total. The van der Waals surface area contributed by atoms with Crippen LogP contribution in [0.1, 0.15) is 46.6 Å². The minimum Gasteiger partial charge on any atom is -0.331 e. The van der Waals surface area contributed by atoms with Gasteiger partial charge in [0.1, 0.15) is 0 Å². The van der Waals surface area contributed by atoms with Gasteiger partial charge in [-0.2, -0.15) is 0 Å². The number of hydrogen-bond acceptors (Lipinski definition) is 4. The minimum absolute atomic E-state index is 0.186. The normalized spacial score (nSPS) is 27.8. The third-order valence-corrected chi connectivity index (χ3v) is 5.87. The van der Waals surface area contributed by atoms with Crippen LogP contribution in [0.4, 0.5) is 0 Å². The van der Waals surface area contributed by atoms with Crippen LogP contribution in [0, 0.1) is 18.8 Å². The number of benzene rings is 2. The summed E-state index contributed by atoms with van der Waals surface area (Å²) in [6.45, 7) is 3.22. The second-order valence-corrected chi connectivity index (χ2v) is 7.32. The van der Waals surface area contributed by atoms with Gasteiger partial charge in [-0.3, -0.25) is 9.59 Å². The summed E-state index contributed by atoms with van der Waals surface area (Å²) in [7, 11) is 0. The van der Waals surface area contributed by atoms with Crippen molar-refractivity contribution < 1.29 is 19.2 Å². The topological polar surface area (TPSA) is 63.7 Å². The highest BCUT2D eigenvalue weighted by atomic mass is 16.7. The molecule has 1 fully saturated rings. The maximum absolute atomic E-state index is 13.0. The molecule has 0 unspecified atom stereocenters. The van der Waals surface area contributed by atoms with E-state index in [1.807, 2.05) is 37.3 Å². The molecule has 0 spiro atoms. The number of rotatable bonds is 1. The van der Waals surface area contributed by atoms with E-state index in [1.54, 1.807) is 0 Å². The Morgan fingerprint density at radius 2 is 1.42 bits per heavy atom. The summed E-state index contributed by atoms with van der Waals surface area (Å²) in [4.78, 5) is 42.4. The zero-order valence-corrected chi connectivity index (χ0v) is 14.4. The van der Waals surface area contributed by atoms with E-state index in [1.165, 1.54) is 6.92 Å². The Labute approximate surface area is 150 Å². The van der Waals surface area contributed by atoms with Gasteiger partial charge in [-0.05, 0) is 29.2 Å². The highest BCUT2D eigenvalue weighted by Crippen LogP contribution is 2.61. The molecular formula is C21H17NO4. The molecule has 2 aromatic rings. The molecule has 0 aromatic heterocycles. The first-order valence-electron chi connectivity index (χ1n) is 8.74. The lowest BCUT2D eigenvalue weighted by atomic mass is 9.55. The first kappa shape index (κ1) is 15.3. The number of carbonyl (C=O) groups is 3. The van der Waals surface area contributed by atoms with Gasteiger partial charge in [0.15, 0.2) is 0 Å². The van der Waals surface area contributed by atoms with Gasteiger partial charge in [-0.1, -0.05) is 48.0 Å². The van der Waals surface area contributed by atoms with Crippen molar-refractivity contribution in [2.45, 2.75) is 25.7 Å². The maximum atomic E-state index is 13.0. The molecule has 4 aliphatic rings. The Kier molecular flexibility index (Phi) is 2.97. The number of hydroxylamine groups is 2. The molecule has 26 heavy (non-hydrogen) atoms. The van der Waals surface area contributed by atoms with Gasteiger partial charge in [0.25, 0.3) is 11.8 Å². The van der Waals surface area contributed by atoms with E-state index in [0.717, 1.165) is 27.8 Å². The molecule has 1 saturated heterocycles. The Hall–Kier alpha value is -2.95. The highest BCUT2D eigenvalue weighted by molar-refractivity contribution is 6.07. The van der Waals surface area contributed by atoms with E-state index in [2.05, 4.69) is 12.1 Å². The van der Waals surface area contributed by atoms with Crippen LogP contribution in [-0.2, 0) is 19.2 Å². The Balaban J connectivity index is 1.75. The molecular weight excluding hydrogens is 330 g/mol. The predicted octanol–water partition coefficient (Wildman–Crippen LogP) is 2.67. The van der Waals surface area contributed by atoms with E-state index in [0.29, 0.717) is 5.06 Å². The number of aryl methyl sites for hydroxylation is 1. The molecule has 6 rings (SSSR count). The van der Waals surface area contributed by atoms with E-state index in [-0.39, 0.29) is 11.8 Å². The van der Waals surface area contributed by atoms with E-state index >= 15 is 0 Å². The fourth-order valence-electron chi connectivity index (χ4n) is 5.04. The third kappa shape index (κ3) is 1.77. The summed E-state index contributed by atoms with van der Waals surface area (Å²) in [6, 6.07) is 14.2. The molecule has 3 aliphatic carbocycles. The number of nitrogens with zero attached hydrogens (tertiary/aromatic N) is 1. The molecule has 0 radical (unpaired) electrons. The number of imide groups is 1. The fourth-order valence-corrected chi connectivity index (χ4v) is 5.04. The van der Waals surface area contributed by atoms with Crippen molar-refractivity contribution in [3.63, 3.8) is 0 Å². The van der Waals surface area contributed by atoms with Crippen LogP contribution >= 0.6 is 0 Å². The summed E-state index contributed by atoms with van der Waals surface area (Å²) in [5, 5.41) is 0.697. The van der Waals surface area contributed by atoms with Crippen molar-refractivity contribution in [2.24, 2.45) is 11.8 Å². The lowest BCUT2D eigenvalue weighted by Crippen LogP contribution is -2.41. The molecule has 1 aliphatic heterocycles. The van der Waals surface area contributed by atoms with Crippen LogP contribution in [0.3, 0.4) is 0 Å². The van der Waals surface area contributed by atoms with Crippen molar-refractivity contribution in [1.29, 1.82) is 0 Å². The van der Waals surface area contributed by atoms with E-state index < -0.39 is 29.6 Å². The van der Waals surface area contributed by atoms with Crippen molar-refractivity contribution >= 4 is 17.8 Å². The lowest BCUT2D eigenvalue weighted by molar-refractivity contribution is -0.197. The summed E-state index contributed by atoms with van der Waals surface area (Å²) in [5.74, 6) is -2.89. The molecule has 4 atom stereocenters. The van der Waals surface area contributed by atoms with Crippen molar-refractivity contribution in [2.75, 3.05) is 0 Å². The van der Waals surface area contributed by atoms with Crippen LogP contribution in [0.5, 0.6) is 0 Å². The van der Waals surface area contributed by atoms with Gasteiger partial charge in [-0.15, -0.1) is 5.06 Å². The number of hydrogen-bond donors (Lipinski definition) is 0. The molecule has 2 amide bonds. The summed E-state index contributed by atoms with van der Waals surface area (Å²) >= 11 is 0. The van der Waals surface area contributed by atoms with E-state index in [4.69, 9.17) is 4.84 Å². The third-order valence-electron chi connectivity index (χ3n) is 5.87. The molecule has 0 N–H and O–H groups in total. The second-order valence-electron chi connectivity index (χ2n) is 7.32. The summed E-state index contributed by atoms with van der Waals surface area (Å²) < 4.78 is 0. The molecule has 2 aromatic carbocycles. The first-order chi connectivity index (χ1) is 12.5.